The Labute approximate surface area is 157 Å². The number of carboxylic acid groups (broad SMARTS) is 1. The summed E-state index contributed by atoms with van der Waals surface area (Å²) in [6, 6.07) is -0.382. The number of nitrogens with zero attached hydrogens (tertiary/aromatic N) is 4. The van der Waals surface area contributed by atoms with Crippen molar-refractivity contribution in [3.05, 3.63) is 10.7 Å². The van der Waals surface area contributed by atoms with Gasteiger partial charge in [-0.1, -0.05) is 11.6 Å². The Morgan fingerprint density at radius 1 is 1.26 bits per heavy atom. The second-order valence-corrected chi connectivity index (χ2v) is 7.84. The molecule has 2 aliphatic heterocycles. The number of aliphatic carboxylic acids is 1. The molecule has 1 aliphatic carbocycles. The van der Waals surface area contributed by atoms with Crippen LogP contribution in [-0.2, 0) is 11.0 Å². The second-order valence-electron chi connectivity index (χ2n) is 7.46. The molecule has 0 spiro atoms. The number of anilines is 2. The lowest BCUT2D eigenvalue weighted by molar-refractivity contribution is -0.141. The van der Waals surface area contributed by atoms with Gasteiger partial charge in [-0.3, -0.25) is 4.79 Å². The van der Waals surface area contributed by atoms with E-state index in [4.69, 9.17) is 16.7 Å². The summed E-state index contributed by atoms with van der Waals surface area (Å²) in [5, 5.41) is 18.0. The molecular weight excluding hydrogens is 389 g/mol. The van der Waals surface area contributed by atoms with Crippen LogP contribution in [0, 0.1) is 17.8 Å². The van der Waals surface area contributed by atoms with Gasteiger partial charge in [0.25, 0.3) is 0 Å². The fourth-order valence-electron chi connectivity index (χ4n) is 4.13. The number of alkyl halides is 3. The molecule has 148 valence electrons. The largest absolute Gasteiger partial charge is 0.481 e. The lowest BCUT2D eigenvalue weighted by Crippen LogP contribution is -2.59. The Hall–Kier alpha value is -1.81. The molecule has 0 bridgehead atoms. The molecule has 0 unspecified atom stereocenters. The van der Waals surface area contributed by atoms with Crippen molar-refractivity contribution in [1.29, 1.82) is 0 Å². The summed E-state index contributed by atoms with van der Waals surface area (Å²) in [4.78, 5) is 21.9. The minimum atomic E-state index is -4.73. The molecule has 3 aliphatic rings. The third kappa shape index (κ3) is 3.08. The first-order valence-corrected chi connectivity index (χ1v) is 9.02. The zero-order valence-electron chi connectivity index (χ0n) is 14.3. The van der Waals surface area contributed by atoms with Crippen LogP contribution >= 0.6 is 11.6 Å². The highest BCUT2D eigenvalue weighted by Crippen LogP contribution is 2.55. The van der Waals surface area contributed by atoms with Crippen molar-refractivity contribution in [3.63, 3.8) is 0 Å². The Kier molecular flexibility index (Phi) is 4.19. The molecule has 11 heteroatoms. The van der Waals surface area contributed by atoms with E-state index in [0.29, 0.717) is 13.1 Å². The van der Waals surface area contributed by atoms with Gasteiger partial charge in [0.2, 0.25) is 5.95 Å². The quantitative estimate of drug-likeness (QED) is 0.789. The standard InChI is InChI=1S/C16H18ClF3N4O3/c1-6-10(25)5-24(6)15-21-13(16(18,19)20)12(17)14(22-15)23-3-8-7(2-11(26)27)9(8)4-23/h6-10,25H,2-5H2,1H3,(H,26,27)/t6-,7-,8-,9+,10+/m0/s1. The molecule has 5 atom stereocenters. The van der Waals surface area contributed by atoms with Crippen LogP contribution in [0.15, 0.2) is 0 Å². The van der Waals surface area contributed by atoms with Crippen LogP contribution in [0.3, 0.4) is 0 Å². The average Bonchev–Trinajstić information content (AvgIpc) is 3.02. The van der Waals surface area contributed by atoms with Crippen molar-refractivity contribution >= 4 is 29.3 Å². The normalized spacial score (nSPS) is 32.3. The third-order valence-corrected chi connectivity index (χ3v) is 6.21. The van der Waals surface area contributed by atoms with Gasteiger partial charge in [0, 0.05) is 26.1 Å². The molecule has 27 heavy (non-hydrogen) atoms. The van der Waals surface area contributed by atoms with Crippen LogP contribution in [0.2, 0.25) is 5.02 Å². The molecule has 2 N–H and O–H groups in total. The molecule has 0 aromatic carbocycles. The molecule has 1 aromatic rings. The fourth-order valence-corrected chi connectivity index (χ4v) is 4.44. The summed E-state index contributed by atoms with van der Waals surface area (Å²) >= 11 is 6.01. The van der Waals surface area contributed by atoms with Crippen LogP contribution in [-0.4, -0.2) is 57.9 Å². The molecule has 2 saturated heterocycles. The van der Waals surface area contributed by atoms with Crippen LogP contribution in [0.25, 0.3) is 0 Å². The van der Waals surface area contributed by atoms with Gasteiger partial charge in [-0.15, -0.1) is 0 Å². The van der Waals surface area contributed by atoms with E-state index in [1.54, 1.807) is 11.8 Å². The molecule has 3 heterocycles. The molecule has 1 aromatic heterocycles. The van der Waals surface area contributed by atoms with Crippen molar-refractivity contribution in [1.82, 2.24) is 9.97 Å². The van der Waals surface area contributed by atoms with E-state index in [-0.39, 0.29) is 48.5 Å². The van der Waals surface area contributed by atoms with E-state index in [0.717, 1.165) is 0 Å². The number of fused-ring (bicyclic) bond motifs is 1. The molecule has 4 rings (SSSR count). The van der Waals surface area contributed by atoms with E-state index in [1.165, 1.54) is 4.90 Å². The number of β-amino-alcohol motifs (C(OH)–C–C–N with tert-alkyl or cyclic N) is 1. The fraction of sp³-hybridized carbons (Fsp3) is 0.688. The maximum atomic E-state index is 13.4. The summed E-state index contributed by atoms with van der Waals surface area (Å²) in [6.45, 7) is 2.69. The van der Waals surface area contributed by atoms with Crippen LogP contribution in [0.5, 0.6) is 0 Å². The van der Waals surface area contributed by atoms with Crippen molar-refractivity contribution in [2.75, 3.05) is 29.4 Å². The summed E-state index contributed by atoms with van der Waals surface area (Å²) in [6.07, 6.45) is -5.30. The maximum Gasteiger partial charge on any atom is 0.435 e. The topological polar surface area (TPSA) is 89.8 Å². The smallest absolute Gasteiger partial charge is 0.435 e. The van der Waals surface area contributed by atoms with E-state index in [9.17, 15) is 23.1 Å². The van der Waals surface area contributed by atoms with Gasteiger partial charge in [-0.05, 0) is 24.7 Å². The maximum absolute atomic E-state index is 13.4. The Morgan fingerprint density at radius 2 is 1.89 bits per heavy atom. The second kappa shape index (κ2) is 6.10. The van der Waals surface area contributed by atoms with Crippen molar-refractivity contribution in [3.8, 4) is 0 Å². The van der Waals surface area contributed by atoms with E-state index in [2.05, 4.69) is 9.97 Å². The van der Waals surface area contributed by atoms with Gasteiger partial charge in [-0.25, -0.2) is 4.98 Å². The number of rotatable bonds is 4. The first-order chi connectivity index (χ1) is 12.6. The number of hydrogen-bond donors (Lipinski definition) is 2. The van der Waals surface area contributed by atoms with E-state index < -0.39 is 29.0 Å². The minimum absolute atomic E-state index is 0.0175. The van der Waals surface area contributed by atoms with Crippen LogP contribution < -0.4 is 9.80 Å². The highest BCUT2D eigenvalue weighted by Gasteiger charge is 2.57. The molecule has 0 amide bonds. The minimum Gasteiger partial charge on any atom is -0.481 e. The molecule has 1 saturated carbocycles. The predicted molar refractivity (Wildman–Crippen MR) is 89.8 cm³/mol. The summed E-state index contributed by atoms with van der Waals surface area (Å²) in [5.41, 5.74) is -1.19. The number of carbonyl (C=O) groups is 1. The molecule has 3 fully saturated rings. The van der Waals surface area contributed by atoms with E-state index >= 15 is 0 Å². The predicted octanol–water partition coefficient (Wildman–Crippen LogP) is 1.88. The lowest BCUT2D eigenvalue weighted by Gasteiger charge is -2.43. The number of hydrogen-bond acceptors (Lipinski definition) is 6. The number of aliphatic hydroxyl groups is 1. The number of aromatic nitrogens is 2. The molecular formula is C16H18ClF3N4O3. The van der Waals surface area contributed by atoms with Crippen molar-refractivity contribution < 1.29 is 28.2 Å². The zero-order chi connectivity index (χ0) is 19.7. The van der Waals surface area contributed by atoms with Crippen LogP contribution in [0.1, 0.15) is 19.0 Å². The summed E-state index contributed by atoms with van der Waals surface area (Å²) < 4.78 is 40.3. The van der Waals surface area contributed by atoms with Gasteiger partial charge in [0.15, 0.2) is 11.5 Å². The average molecular weight is 407 g/mol. The Bertz CT molecular complexity index is 781. The van der Waals surface area contributed by atoms with Gasteiger partial charge in [0.05, 0.1) is 12.1 Å². The summed E-state index contributed by atoms with van der Waals surface area (Å²) in [7, 11) is 0. The number of piperidine rings is 1. The number of halogens is 4. The van der Waals surface area contributed by atoms with Crippen molar-refractivity contribution in [2.45, 2.75) is 31.7 Å². The zero-order valence-corrected chi connectivity index (χ0v) is 15.1. The molecule has 7 nitrogen and oxygen atoms in total. The first-order valence-electron chi connectivity index (χ1n) is 8.64. The van der Waals surface area contributed by atoms with Crippen LogP contribution in [0.4, 0.5) is 24.9 Å². The first kappa shape index (κ1) is 18.5. The SMILES string of the molecule is C[C@H]1[C@H](O)CN1c1nc(N2C[C@@H]3[C@@H](CC(=O)O)[C@@H]3C2)c(Cl)c(C(F)(F)F)n1. The third-order valence-electron chi connectivity index (χ3n) is 5.86. The Morgan fingerprint density at radius 3 is 2.37 bits per heavy atom. The highest BCUT2D eigenvalue weighted by molar-refractivity contribution is 6.33. The highest BCUT2D eigenvalue weighted by atomic mass is 35.5. The number of carboxylic acids is 1. The monoisotopic (exact) mass is 406 g/mol. The summed E-state index contributed by atoms with van der Waals surface area (Å²) in [5.74, 6) is -0.630. The van der Waals surface area contributed by atoms with Gasteiger partial charge in [0.1, 0.15) is 5.02 Å². The lowest BCUT2D eigenvalue weighted by atomic mass is 10.0. The number of aliphatic hydroxyl groups excluding tert-OH is 1. The van der Waals surface area contributed by atoms with Gasteiger partial charge >= 0.3 is 12.1 Å². The Balaban J connectivity index is 1.62. The van der Waals surface area contributed by atoms with Gasteiger partial charge in [-0.2, -0.15) is 18.2 Å². The van der Waals surface area contributed by atoms with Gasteiger partial charge < -0.3 is 20.0 Å². The molecule has 0 radical (unpaired) electrons. The van der Waals surface area contributed by atoms with Crippen molar-refractivity contribution in [2.24, 2.45) is 17.8 Å². The van der Waals surface area contributed by atoms with E-state index in [1.807, 2.05) is 0 Å².